The predicted molar refractivity (Wildman–Crippen MR) is 357 cm³/mol. The number of hydrogen-bond acceptors (Lipinski definition) is 10. The summed E-state index contributed by atoms with van der Waals surface area (Å²) in [6.45, 7) is 50.0. The van der Waals surface area contributed by atoms with Crippen LogP contribution < -0.4 is 4.98 Å². The fourth-order valence-electron chi connectivity index (χ4n) is 6.14. The van der Waals surface area contributed by atoms with Gasteiger partial charge in [0.25, 0.3) is 0 Å². The molecule has 0 spiro atoms. The van der Waals surface area contributed by atoms with Gasteiger partial charge in [-0.2, -0.15) is 28.5 Å². The van der Waals surface area contributed by atoms with E-state index in [-0.39, 0.29) is 169 Å². The molecule has 0 amide bonds. The Morgan fingerprint density at radius 3 is 1.58 bits per heavy atom. The Balaban J connectivity index is -0.000000122. The normalized spacial score (nSPS) is 8.41. The van der Waals surface area contributed by atoms with E-state index in [1.54, 1.807) is 59.1 Å². The van der Waals surface area contributed by atoms with Crippen molar-refractivity contribution in [2.24, 2.45) is 0 Å². The molecule has 0 bridgehead atoms. The quantitative estimate of drug-likeness (QED) is 0.153. The van der Waals surface area contributed by atoms with Gasteiger partial charge >= 0.3 is 84.3 Å². The first-order chi connectivity index (χ1) is 42.8. The molecule has 0 atom stereocenters. The molecule has 14 heterocycles. The van der Waals surface area contributed by atoms with Crippen LogP contribution in [0.3, 0.4) is 0 Å². The third-order valence-electron chi connectivity index (χ3n) is 9.82. The van der Waals surface area contributed by atoms with Crippen molar-refractivity contribution >= 4 is 53.2 Å². The maximum absolute atomic E-state index is 5.12. The van der Waals surface area contributed by atoms with E-state index in [9.17, 15) is 0 Å². The molecule has 27 heteroatoms. The second kappa shape index (κ2) is 73.2. The van der Waals surface area contributed by atoms with Gasteiger partial charge in [0.2, 0.25) is 0 Å². The van der Waals surface area contributed by atoms with Crippen LogP contribution in [-0.4, -0.2) is 87.1 Å². The van der Waals surface area contributed by atoms with Crippen LogP contribution in [-0.2, 0) is 175 Å². The van der Waals surface area contributed by atoms with Gasteiger partial charge < -0.3 is 48.6 Å². The number of allylic oxidation sites excluding steroid dienone is 1. The van der Waals surface area contributed by atoms with Crippen LogP contribution in [0.1, 0.15) is 112 Å². The van der Waals surface area contributed by atoms with Crippen LogP contribution in [0.4, 0.5) is 0 Å². The molecule has 0 saturated heterocycles. The minimum absolute atomic E-state index is 0. The summed E-state index contributed by atoms with van der Waals surface area (Å²) in [5.41, 5.74) is 5.01. The van der Waals surface area contributed by atoms with Crippen molar-refractivity contribution in [1.82, 2.24) is 92.1 Å². The largest absolute Gasteiger partial charge is 2.00 e. The fourth-order valence-corrected chi connectivity index (χ4v) is 6.14. The summed E-state index contributed by atoms with van der Waals surface area (Å²) < 4.78 is 14.2. The molecule has 14 rings (SSSR count). The number of pyridine rings is 2. The molecule has 0 saturated carbocycles. The van der Waals surface area contributed by atoms with Crippen molar-refractivity contribution in [3.05, 3.63) is 264 Å². The van der Waals surface area contributed by atoms with Crippen molar-refractivity contribution in [1.29, 1.82) is 0 Å². The van der Waals surface area contributed by atoms with E-state index in [1.165, 1.54) is 39.4 Å². The Morgan fingerprint density at radius 2 is 1.08 bits per heavy atom. The smallest absolute Gasteiger partial charge is 0.749 e. The average molecular weight is 2640 g/mol. The SMILES string of the molecule is CC.CC.CC.CC.CC.CC.Cc1nnc2ccccn12.Cc1nnc2n1C=CC2.[CH-]=Cc1ccc[n-]1.[CH-]=Cn1[c-]ccc1.[CH-]=Cn1[c-]ccn1.[CH-]=Cn1[c-]nnc1C.[W+2].[W+2].[W+2].[W+2].[W].[W].[W].[W].c1ccn2cccc2c1.c1cnc2ccnn2c1.c1cnn2cccc2c1. The van der Waals surface area contributed by atoms with Gasteiger partial charge in [0.05, 0.1) is 11.7 Å². The van der Waals surface area contributed by atoms with Gasteiger partial charge in [-0.3, -0.25) is 45.3 Å². The molecule has 13 aromatic rings. The molecule has 1 aliphatic heterocycles. The van der Waals surface area contributed by atoms with Gasteiger partial charge in [0, 0.05) is 164 Å². The Labute approximate surface area is 679 Å². The number of hydrogen-bond donors (Lipinski definition) is 0. The first-order valence-electron chi connectivity index (χ1n) is 28.8. The standard InChI is InChI=1S/C8H7N.C7H7N3.C7H6N2.C6H7N3.C6H5N3.2C6H5N.C5H5N3.C5H4N2.6C2H6.8W/c1-2-6-9-7-3-5-8(9)4-1;1-6-8-9-7-4-2-3-5-10(6)7;1-3-7-4-2-6-9(7)8-5-1;1-5-7-8-6-3-2-4-9(5)6;1-3-7-6-2-4-8-9(6)5-1;1-2-7-5-3-4-6-7;1-2-6-4-3-5-7-6;1-3-8-4-6-7-5(8)2;1-2-7-5-3-4-6-7;6*1-2;;;;;;;;/h1-7H;2-5H,1H3;1-6H;2,4H,3H2,1H3;1-5H;2*1-5H;1,3H,2H3;1-4H;6*1-2H3;;;;;;;;/q;;;;;4*-2;;;;;;;;;;;4*+2. The van der Waals surface area contributed by atoms with E-state index in [4.69, 9.17) is 26.3 Å². The number of rotatable bonds is 4. The van der Waals surface area contributed by atoms with Gasteiger partial charge in [-0.1, -0.05) is 127 Å². The summed E-state index contributed by atoms with van der Waals surface area (Å²) in [5.74, 6) is 3.69. The minimum atomic E-state index is 0. The van der Waals surface area contributed by atoms with Crippen LogP contribution in [0, 0.1) is 65.8 Å². The molecule has 0 aliphatic carbocycles. The summed E-state index contributed by atoms with van der Waals surface area (Å²) in [6.07, 6.45) is 38.9. The van der Waals surface area contributed by atoms with Crippen molar-refractivity contribution in [2.45, 2.75) is 110 Å². The Bertz CT molecular complexity index is 3380. The van der Waals surface area contributed by atoms with Crippen LogP contribution in [0.25, 0.3) is 53.2 Å². The van der Waals surface area contributed by atoms with E-state index < -0.39 is 0 Å². The van der Waals surface area contributed by atoms with E-state index in [0.29, 0.717) is 0 Å². The Hall–Kier alpha value is -5.05. The molecule has 1 aliphatic rings. The van der Waals surface area contributed by atoms with Gasteiger partial charge in [0.15, 0.2) is 11.3 Å². The first kappa shape index (κ1) is 109. The summed E-state index contributed by atoms with van der Waals surface area (Å²) in [5, 5.41) is 34.5. The van der Waals surface area contributed by atoms with Gasteiger partial charge in [-0.15, -0.1) is 44.8 Å². The molecular weight excluding hydrogens is 2550 g/mol. The molecule has 13 aromatic heterocycles. The number of fused-ring (bicyclic) bond motifs is 5. The van der Waals surface area contributed by atoms with Crippen LogP contribution in [0.2, 0.25) is 0 Å². The Morgan fingerprint density at radius 1 is 0.474 bits per heavy atom. The van der Waals surface area contributed by atoms with Crippen LogP contribution >= 0.6 is 0 Å². The molecule has 0 radical (unpaired) electrons. The molecule has 95 heavy (non-hydrogen) atoms. The Kier molecular flexibility index (Phi) is 83.7. The number of nitrogens with zero attached hydrogens (tertiary/aromatic N) is 19. The summed E-state index contributed by atoms with van der Waals surface area (Å²) in [4.78, 5) is 7.90. The van der Waals surface area contributed by atoms with Crippen molar-refractivity contribution in [3.8, 4) is 0 Å². The third-order valence-corrected chi connectivity index (χ3v) is 9.82. The fraction of sp³-hybridized carbons (Fsp3) is 0.235. The molecule has 0 aromatic carbocycles. The van der Waals surface area contributed by atoms with E-state index >= 15 is 0 Å². The summed E-state index contributed by atoms with van der Waals surface area (Å²) in [6, 6.07) is 36.8. The molecule has 0 fully saturated rings. The molecule has 0 unspecified atom stereocenters. The topological polar surface area (TPSA) is 180 Å². The maximum Gasteiger partial charge on any atom is 2.00 e. The number of aromatic nitrogens is 19. The van der Waals surface area contributed by atoms with E-state index in [0.717, 1.165) is 52.2 Å². The second-order valence-electron chi connectivity index (χ2n) is 14.8. The molecule has 0 N–H and O–H groups in total. The summed E-state index contributed by atoms with van der Waals surface area (Å²) in [7, 11) is 0. The number of aryl methyl sites for hydroxylation is 3. The van der Waals surface area contributed by atoms with Gasteiger partial charge in [-0.05, 0) is 80.6 Å². The zero-order valence-electron chi connectivity index (χ0n) is 56.6. The predicted octanol–water partition coefficient (Wildman–Crippen LogP) is 15.0. The zero-order chi connectivity index (χ0) is 64.9. The molecular formula is C68H87N19W8. The van der Waals surface area contributed by atoms with Gasteiger partial charge in [-0.25, -0.2) is 24.2 Å². The van der Waals surface area contributed by atoms with E-state index in [1.807, 2.05) is 245 Å². The average Bonchev–Trinajstić information content (AvgIpc) is 1.98. The van der Waals surface area contributed by atoms with Gasteiger partial charge in [0.1, 0.15) is 17.5 Å². The van der Waals surface area contributed by atoms with Crippen molar-refractivity contribution < 1.29 is 169 Å². The zero-order valence-corrected chi connectivity index (χ0v) is 80.0. The molecule has 19 nitrogen and oxygen atoms in total. The minimum Gasteiger partial charge on any atom is -0.749 e. The second-order valence-corrected chi connectivity index (χ2v) is 14.8. The first-order valence-corrected chi connectivity index (χ1v) is 28.8. The van der Waals surface area contributed by atoms with Crippen LogP contribution in [0.5, 0.6) is 0 Å². The van der Waals surface area contributed by atoms with Crippen molar-refractivity contribution in [3.63, 3.8) is 0 Å². The van der Waals surface area contributed by atoms with Crippen LogP contribution in [0.15, 0.2) is 190 Å². The monoisotopic (exact) mass is 2640 g/mol. The summed E-state index contributed by atoms with van der Waals surface area (Å²) >= 11 is 0. The molecule has 502 valence electrons. The van der Waals surface area contributed by atoms with E-state index in [2.05, 4.69) is 97.2 Å². The van der Waals surface area contributed by atoms with Crippen molar-refractivity contribution in [2.75, 3.05) is 0 Å². The maximum atomic E-state index is 5.12. The third kappa shape index (κ3) is 43.8.